The first-order valence-corrected chi connectivity index (χ1v) is 5.20. The maximum Gasteiger partial charge on any atom is 0.330 e. The van der Waals surface area contributed by atoms with E-state index in [2.05, 4.69) is 23.8 Å². The number of methoxy groups -OCH3 is 1. The third kappa shape index (κ3) is 9.04. The van der Waals surface area contributed by atoms with Gasteiger partial charge in [-0.05, 0) is 19.3 Å². The molecule has 0 rings (SSSR count). The Hall–Kier alpha value is -1.05. The molecule has 2 nitrogen and oxygen atoms in total. The minimum Gasteiger partial charge on any atom is -0.466 e. The molecule has 0 spiro atoms. The number of rotatable bonds is 7. The van der Waals surface area contributed by atoms with Crippen molar-refractivity contribution in [3.05, 3.63) is 24.3 Å². The van der Waals surface area contributed by atoms with E-state index in [1.165, 1.54) is 26.0 Å². The second kappa shape index (κ2) is 10.0. The molecule has 0 bridgehead atoms. The lowest BCUT2D eigenvalue weighted by Gasteiger charge is -1.90. The largest absolute Gasteiger partial charge is 0.466 e. The lowest BCUT2D eigenvalue weighted by molar-refractivity contribution is -0.134. The quantitative estimate of drug-likeness (QED) is 0.270. The molecule has 0 aromatic rings. The van der Waals surface area contributed by atoms with Gasteiger partial charge >= 0.3 is 5.97 Å². The fourth-order valence-corrected chi connectivity index (χ4v) is 0.998. The predicted molar refractivity (Wildman–Crippen MR) is 59.1 cm³/mol. The first-order chi connectivity index (χ1) is 6.81. The zero-order chi connectivity index (χ0) is 10.6. The highest BCUT2D eigenvalue weighted by Gasteiger charge is 1.87. The highest BCUT2D eigenvalue weighted by Crippen LogP contribution is 1.98. The van der Waals surface area contributed by atoms with Crippen molar-refractivity contribution in [1.82, 2.24) is 0 Å². The Morgan fingerprint density at radius 3 is 2.43 bits per heavy atom. The minimum atomic E-state index is -0.278. The van der Waals surface area contributed by atoms with E-state index in [9.17, 15) is 4.79 Å². The summed E-state index contributed by atoms with van der Waals surface area (Å²) in [5.41, 5.74) is 0. The highest BCUT2D eigenvalue weighted by atomic mass is 16.5. The maximum atomic E-state index is 10.7. The van der Waals surface area contributed by atoms with Crippen molar-refractivity contribution in [2.75, 3.05) is 7.11 Å². The van der Waals surface area contributed by atoms with Gasteiger partial charge in [0.25, 0.3) is 0 Å². The van der Waals surface area contributed by atoms with Crippen molar-refractivity contribution in [2.45, 2.75) is 39.0 Å². The van der Waals surface area contributed by atoms with Crippen LogP contribution in [-0.4, -0.2) is 13.1 Å². The first kappa shape index (κ1) is 12.9. The fraction of sp³-hybridized carbons (Fsp3) is 0.583. The molecule has 0 radical (unpaired) electrons. The molecular formula is C12H20O2. The van der Waals surface area contributed by atoms with Crippen LogP contribution in [0.2, 0.25) is 0 Å². The molecule has 0 aliphatic heterocycles. The predicted octanol–water partition coefficient (Wildman–Crippen LogP) is 3.24. The van der Waals surface area contributed by atoms with E-state index in [1.807, 2.05) is 6.08 Å². The van der Waals surface area contributed by atoms with Crippen LogP contribution in [-0.2, 0) is 9.53 Å². The molecule has 2 heteroatoms. The second-order valence-electron chi connectivity index (χ2n) is 3.12. The monoisotopic (exact) mass is 196 g/mol. The normalized spacial score (nSPS) is 11.3. The molecule has 0 amide bonds. The van der Waals surface area contributed by atoms with Crippen molar-refractivity contribution >= 4 is 5.97 Å². The number of hydrogen-bond donors (Lipinski definition) is 0. The number of hydrogen-bond acceptors (Lipinski definition) is 2. The number of allylic oxidation sites excluding steroid dienone is 3. The van der Waals surface area contributed by atoms with Gasteiger partial charge in [-0.25, -0.2) is 4.79 Å². The van der Waals surface area contributed by atoms with Gasteiger partial charge in [0.2, 0.25) is 0 Å². The summed E-state index contributed by atoms with van der Waals surface area (Å²) < 4.78 is 4.47. The van der Waals surface area contributed by atoms with E-state index >= 15 is 0 Å². The van der Waals surface area contributed by atoms with Crippen LogP contribution in [0, 0.1) is 0 Å². The van der Waals surface area contributed by atoms with Gasteiger partial charge in [-0.3, -0.25) is 0 Å². The summed E-state index contributed by atoms with van der Waals surface area (Å²) in [7, 11) is 1.39. The summed E-state index contributed by atoms with van der Waals surface area (Å²) in [6.45, 7) is 2.19. The van der Waals surface area contributed by atoms with Crippen LogP contribution in [0.5, 0.6) is 0 Å². The number of unbranched alkanes of at least 4 members (excludes halogenated alkanes) is 3. The summed E-state index contributed by atoms with van der Waals surface area (Å²) >= 11 is 0. The minimum absolute atomic E-state index is 0.278. The van der Waals surface area contributed by atoms with Crippen molar-refractivity contribution in [1.29, 1.82) is 0 Å². The van der Waals surface area contributed by atoms with Gasteiger partial charge in [-0.1, -0.05) is 38.0 Å². The van der Waals surface area contributed by atoms with Crippen LogP contribution >= 0.6 is 0 Å². The van der Waals surface area contributed by atoms with Gasteiger partial charge in [0.15, 0.2) is 0 Å². The summed E-state index contributed by atoms with van der Waals surface area (Å²) in [5, 5.41) is 0. The molecular weight excluding hydrogens is 176 g/mol. The van der Waals surface area contributed by atoms with E-state index in [-0.39, 0.29) is 5.97 Å². The number of carbonyl (C=O) groups is 1. The SMILES string of the molecule is CCCCC=CCCC=CC(=O)OC. The standard InChI is InChI=1S/C12H20O2/c1-3-4-5-6-7-8-9-10-11-12(13)14-2/h6-7,10-11H,3-5,8-9H2,1-2H3. The Balaban J connectivity index is 3.32. The Bertz CT molecular complexity index is 192. The molecule has 0 fully saturated rings. The smallest absolute Gasteiger partial charge is 0.330 e. The van der Waals surface area contributed by atoms with Crippen LogP contribution in [0.3, 0.4) is 0 Å². The number of carbonyl (C=O) groups excluding carboxylic acids is 1. The molecule has 0 aliphatic carbocycles. The zero-order valence-electron chi connectivity index (χ0n) is 9.16. The lowest BCUT2D eigenvalue weighted by atomic mass is 10.2. The van der Waals surface area contributed by atoms with Crippen LogP contribution in [0.25, 0.3) is 0 Å². The number of esters is 1. The molecule has 14 heavy (non-hydrogen) atoms. The molecule has 0 saturated heterocycles. The van der Waals surface area contributed by atoms with E-state index in [0.717, 1.165) is 19.3 Å². The fourth-order valence-electron chi connectivity index (χ4n) is 0.998. The molecule has 0 aromatic heterocycles. The average Bonchev–Trinajstić information content (AvgIpc) is 2.21. The Labute approximate surface area is 86.6 Å². The van der Waals surface area contributed by atoms with Gasteiger partial charge in [-0.2, -0.15) is 0 Å². The van der Waals surface area contributed by atoms with Gasteiger partial charge in [-0.15, -0.1) is 0 Å². The lowest BCUT2D eigenvalue weighted by Crippen LogP contribution is -1.93. The molecule has 0 aromatic carbocycles. The van der Waals surface area contributed by atoms with Crippen molar-refractivity contribution in [3.63, 3.8) is 0 Å². The van der Waals surface area contributed by atoms with Gasteiger partial charge in [0.05, 0.1) is 7.11 Å². The zero-order valence-corrected chi connectivity index (χ0v) is 9.16. The topological polar surface area (TPSA) is 26.3 Å². The molecule has 0 unspecified atom stereocenters. The molecule has 0 saturated carbocycles. The first-order valence-electron chi connectivity index (χ1n) is 5.20. The summed E-state index contributed by atoms with van der Waals surface area (Å²) in [6, 6.07) is 0. The van der Waals surface area contributed by atoms with Crippen molar-refractivity contribution < 1.29 is 9.53 Å². The Morgan fingerprint density at radius 2 is 1.79 bits per heavy atom. The Morgan fingerprint density at radius 1 is 1.14 bits per heavy atom. The van der Waals surface area contributed by atoms with Crippen LogP contribution in [0.4, 0.5) is 0 Å². The Kier molecular flexibility index (Phi) is 9.28. The van der Waals surface area contributed by atoms with E-state index < -0.39 is 0 Å². The van der Waals surface area contributed by atoms with Gasteiger partial charge < -0.3 is 4.74 Å². The highest BCUT2D eigenvalue weighted by molar-refractivity contribution is 5.81. The summed E-state index contributed by atoms with van der Waals surface area (Å²) in [5.74, 6) is -0.278. The van der Waals surface area contributed by atoms with Crippen LogP contribution < -0.4 is 0 Å². The van der Waals surface area contributed by atoms with Gasteiger partial charge in [0.1, 0.15) is 0 Å². The second-order valence-corrected chi connectivity index (χ2v) is 3.12. The number of ether oxygens (including phenoxy) is 1. The third-order valence-corrected chi connectivity index (χ3v) is 1.85. The van der Waals surface area contributed by atoms with E-state index in [4.69, 9.17) is 0 Å². The van der Waals surface area contributed by atoms with E-state index in [0.29, 0.717) is 0 Å². The summed E-state index contributed by atoms with van der Waals surface area (Å²) in [6.07, 6.45) is 13.2. The van der Waals surface area contributed by atoms with Crippen molar-refractivity contribution in [2.24, 2.45) is 0 Å². The average molecular weight is 196 g/mol. The van der Waals surface area contributed by atoms with E-state index in [1.54, 1.807) is 0 Å². The summed E-state index contributed by atoms with van der Waals surface area (Å²) in [4.78, 5) is 10.7. The van der Waals surface area contributed by atoms with Crippen LogP contribution in [0.1, 0.15) is 39.0 Å². The molecule has 0 aliphatic rings. The molecule has 0 atom stereocenters. The maximum absolute atomic E-state index is 10.7. The van der Waals surface area contributed by atoms with Crippen LogP contribution in [0.15, 0.2) is 24.3 Å². The molecule has 80 valence electrons. The molecule has 0 N–H and O–H groups in total. The third-order valence-electron chi connectivity index (χ3n) is 1.85. The van der Waals surface area contributed by atoms with Crippen molar-refractivity contribution in [3.8, 4) is 0 Å². The molecule has 0 heterocycles. The van der Waals surface area contributed by atoms with Gasteiger partial charge in [0, 0.05) is 6.08 Å².